The maximum atomic E-state index is 13.8. The SMILES string of the molecule is COC(=O)[C@@H]1[C@H](c2cc(OC)c(OC)c(OC)c2)c2cc3c(cc2[C@@H](O[C@H]2O[C@H](CO[C@H]4O[C@H](CO)[C@H](O)[C@@H](O)[C@H]4O)[C@H](O)[C@@H](O)[C@H]2O)[C@H]1CO)OCO3. The Hall–Kier alpha value is -3.57. The summed E-state index contributed by atoms with van der Waals surface area (Å²) in [5.74, 6) is -2.28. The van der Waals surface area contributed by atoms with Crippen molar-refractivity contribution in [3.05, 3.63) is 41.0 Å². The van der Waals surface area contributed by atoms with Crippen molar-refractivity contribution in [1.82, 2.24) is 0 Å². The quantitative estimate of drug-likeness (QED) is 0.105. The second-order valence-electron chi connectivity index (χ2n) is 13.3. The summed E-state index contributed by atoms with van der Waals surface area (Å²) in [6, 6.07) is 6.61. The van der Waals surface area contributed by atoms with E-state index in [9.17, 15) is 45.6 Å². The number of esters is 1. The van der Waals surface area contributed by atoms with Gasteiger partial charge in [0.1, 0.15) is 48.8 Å². The lowest BCUT2D eigenvalue weighted by atomic mass is 9.65. The standard InChI is InChI=1S/C35H46O19/c1-45-19-5-13(6-20(46-2)32(19)47-3)23-14-7-17-18(51-12-50-17)8-15(14)31(16(9-36)24(23)33(44)48-4)54-35-30(43)28(41)26(39)22(53-35)11-49-34-29(42)27(40)25(38)21(10-37)52-34/h5-8,16,21-31,34-43H,9-12H2,1-4H3/t16-,21+,22+,23+,24-,25-,26-,27+,28+,29+,30+,31+,34-,35+/m0/s1. The molecule has 300 valence electrons. The molecule has 3 aliphatic heterocycles. The molecular weight excluding hydrogens is 724 g/mol. The molecule has 0 unspecified atom stereocenters. The van der Waals surface area contributed by atoms with E-state index in [1.807, 2.05) is 0 Å². The molecule has 54 heavy (non-hydrogen) atoms. The summed E-state index contributed by atoms with van der Waals surface area (Å²) in [7, 11) is 5.52. The maximum Gasteiger partial charge on any atom is 0.310 e. The zero-order chi connectivity index (χ0) is 39.0. The van der Waals surface area contributed by atoms with Gasteiger partial charge in [-0.25, -0.2) is 0 Å². The molecule has 0 bridgehead atoms. The minimum absolute atomic E-state index is 0.104. The van der Waals surface area contributed by atoms with Crippen molar-refractivity contribution in [2.75, 3.05) is 55.1 Å². The molecule has 2 aromatic rings. The molecule has 0 saturated carbocycles. The molecule has 3 heterocycles. The van der Waals surface area contributed by atoms with Crippen molar-refractivity contribution < 1.29 is 93.0 Å². The number of rotatable bonds is 12. The molecule has 14 atom stereocenters. The molecule has 2 fully saturated rings. The number of aliphatic hydroxyl groups excluding tert-OH is 8. The van der Waals surface area contributed by atoms with Gasteiger partial charge in [0, 0.05) is 18.4 Å². The Kier molecular flexibility index (Phi) is 12.4. The first-order valence-corrected chi connectivity index (χ1v) is 17.1. The van der Waals surface area contributed by atoms with Crippen LogP contribution in [0.15, 0.2) is 24.3 Å². The van der Waals surface area contributed by atoms with Crippen LogP contribution >= 0.6 is 0 Å². The average molecular weight is 771 g/mol. The molecule has 6 rings (SSSR count). The van der Waals surface area contributed by atoms with E-state index < -0.39 is 111 Å². The molecule has 8 N–H and O–H groups in total. The topological polar surface area (TPSA) is 271 Å². The third-order valence-corrected chi connectivity index (χ3v) is 10.4. The van der Waals surface area contributed by atoms with Crippen LogP contribution in [-0.2, 0) is 28.5 Å². The number of benzene rings is 2. The summed E-state index contributed by atoms with van der Waals surface area (Å²) in [4.78, 5) is 13.8. The largest absolute Gasteiger partial charge is 0.493 e. The van der Waals surface area contributed by atoms with E-state index in [1.165, 1.54) is 28.4 Å². The van der Waals surface area contributed by atoms with E-state index in [2.05, 4.69) is 0 Å². The number of hydrogen-bond donors (Lipinski definition) is 8. The molecule has 19 heteroatoms. The van der Waals surface area contributed by atoms with Crippen LogP contribution in [-0.4, -0.2) is 163 Å². The van der Waals surface area contributed by atoms with Gasteiger partial charge in [0.2, 0.25) is 12.5 Å². The van der Waals surface area contributed by atoms with E-state index in [4.69, 9.17) is 47.4 Å². The number of aliphatic hydroxyl groups is 8. The number of hydrogen-bond acceptors (Lipinski definition) is 19. The number of carbonyl (C=O) groups is 1. The van der Waals surface area contributed by atoms with Gasteiger partial charge in [0.15, 0.2) is 35.6 Å². The van der Waals surface area contributed by atoms with Crippen LogP contribution < -0.4 is 23.7 Å². The van der Waals surface area contributed by atoms with Crippen LogP contribution in [0.25, 0.3) is 0 Å². The Bertz CT molecular complexity index is 1600. The van der Waals surface area contributed by atoms with Crippen LogP contribution in [0.2, 0.25) is 0 Å². The van der Waals surface area contributed by atoms with E-state index in [1.54, 1.807) is 24.3 Å². The summed E-state index contributed by atoms with van der Waals surface area (Å²) < 4.78 is 56.6. The van der Waals surface area contributed by atoms with Crippen LogP contribution in [0.5, 0.6) is 28.7 Å². The lowest BCUT2D eigenvalue weighted by Crippen LogP contribution is -2.62. The second kappa shape index (κ2) is 16.7. The average Bonchev–Trinajstić information content (AvgIpc) is 3.65. The van der Waals surface area contributed by atoms with Gasteiger partial charge in [-0.15, -0.1) is 0 Å². The first kappa shape index (κ1) is 40.1. The summed E-state index contributed by atoms with van der Waals surface area (Å²) in [5, 5.41) is 84.1. The van der Waals surface area contributed by atoms with Crippen molar-refractivity contribution in [3.8, 4) is 28.7 Å². The zero-order valence-electron chi connectivity index (χ0n) is 29.8. The minimum Gasteiger partial charge on any atom is -0.493 e. The van der Waals surface area contributed by atoms with Gasteiger partial charge in [0.05, 0.1) is 53.7 Å². The number of methoxy groups -OCH3 is 4. The van der Waals surface area contributed by atoms with Crippen molar-refractivity contribution >= 4 is 5.97 Å². The summed E-state index contributed by atoms with van der Waals surface area (Å²) in [5.41, 5.74) is 1.38. The van der Waals surface area contributed by atoms with Gasteiger partial charge in [-0.2, -0.15) is 0 Å². The lowest BCUT2D eigenvalue weighted by molar-refractivity contribution is -0.339. The smallest absolute Gasteiger partial charge is 0.310 e. The van der Waals surface area contributed by atoms with E-state index in [-0.39, 0.29) is 6.79 Å². The Morgan fingerprint density at radius 1 is 0.704 bits per heavy atom. The fourth-order valence-corrected chi connectivity index (χ4v) is 7.55. The van der Waals surface area contributed by atoms with Crippen LogP contribution in [0.1, 0.15) is 28.7 Å². The monoisotopic (exact) mass is 770 g/mol. The second-order valence-corrected chi connectivity index (χ2v) is 13.3. The first-order chi connectivity index (χ1) is 25.9. The van der Waals surface area contributed by atoms with Crippen molar-refractivity contribution in [1.29, 1.82) is 0 Å². The number of ether oxygens (including phenoxy) is 10. The van der Waals surface area contributed by atoms with Gasteiger partial charge >= 0.3 is 5.97 Å². The Morgan fingerprint density at radius 2 is 1.28 bits per heavy atom. The zero-order valence-corrected chi connectivity index (χ0v) is 29.8. The highest BCUT2D eigenvalue weighted by atomic mass is 16.7. The minimum atomic E-state index is -1.87. The molecule has 0 spiro atoms. The van der Waals surface area contributed by atoms with Crippen molar-refractivity contribution in [2.24, 2.45) is 11.8 Å². The predicted molar refractivity (Wildman–Crippen MR) is 177 cm³/mol. The van der Waals surface area contributed by atoms with Gasteiger partial charge in [-0.1, -0.05) is 0 Å². The van der Waals surface area contributed by atoms with Crippen molar-refractivity contribution in [2.45, 2.75) is 73.4 Å². The molecule has 2 saturated heterocycles. The Morgan fingerprint density at radius 3 is 1.83 bits per heavy atom. The fraction of sp³-hybridized carbons (Fsp3) is 0.629. The van der Waals surface area contributed by atoms with Crippen LogP contribution in [0.4, 0.5) is 0 Å². The molecule has 0 radical (unpaired) electrons. The highest BCUT2D eigenvalue weighted by Crippen LogP contribution is 2.55. The maximum absolute atomic E-state index is 13.8. The molecule has 0 amide bonds. The molecule has 0 aromatic heterocycles. The lowest BCUT2D eigenvalue weighted by Gasteiger charge is -2.46. The fourth-order valence-electron chi connectivity index (χ4n) is 7.55. The van der Waals surface area contributed by atoms with Crippen LogP contribution in [0.3, 0.4) is 0 Å². The van der Waals surface area contributed by atoms with Gasteiger partial charge in [-0.3, -0.25) is 4.79 Å². The summed E-state index contributed by atoms with van der Waals surface area (Å²) in [6.45, 7) is -2.08. The molecular formula is C35H46O19. The highest BCUT2D eigenvalue weighted by molar-refractivity contribution is 5.77. The predicted octanol–water partition coefficient (Wildman–Crippen LogP) is -2.33. The number of fused-ring (bicyclic) bond motifs is 2. The van der Waals surface area contributed by atoms with Gasteiger partial charge in [-0.05, 0) is 41.0 Å². The third kappa shape index (κ3) is 7.15. The van der Waals surface area contributed by atoms with Crippen molar-refractivity contribution in [3.63, 3.8) is 0 Å². The normalized spacial score (nSPS) is 35.9. The van der Waals surface area contributed by atoms with Gasteiger partial charge < -0.3 is 88.2 Å². The highest BCUT2D eigenvalue weighted by Gasteiger charge is 2.53. The van der Waals surface area contributed by atoms with Crippen LogP contribution in [0, 0.1) is 11.8 Å². The Labute approximate surface area is 309 Å². The summed E-state index contributed by atoms with van der Waals surface area (Å²) >= 11 is 0. The molecule has 4 aliphatic rings. The van der Waals surface area contributed by atoms with E-state index in [0.717, 1.165) is 0 Å². The Balaban J connectivity index is 1.37. The molecule has 19 nitrogen and oxygen atoms in total. The molecule has 2 aromatic carbocycles. The molecule has 1 aliphatic carbocycles. The summed E-state index contributed by atoms with van der Waals surface area (Å²) in [6.07, 6.45) is -18.0. The first-order valence-electron chi connectivity index (χ1n) is 17.1. The van der Waals surface area contributed by atoms with Gasteiger partial charge in [0.25, 0.3) is 0 Å². The van der Waals surface area contributed by atoms with E-state index in [0.29, 0.717) is 45.4 Å². The number of carbonyl (C=O) groups excluding carboxylic acids is 1. The van der Waals surface area contributed by atoms with E-state index >= 15 is 0 Å². The third-order valence-electron chi connectivity index (χ3n) is 10.4.